The molecule has 1 fully saturated rings. The van der Waals surface area contributed by atoms with Crippen LogP contribution < -0.4 is 10.6 Å². The van der Waals surface area contributed by atoms with Crippen LogP contribution in [-0.4, -0.2) is 22.1 Å². The number of urea groups is 1. The molecule has 0 radical (unpaired) electrons. The van der Waals surface area contributed by atoms with Gasteiger partial charge in [-0.3, -0.25) is 0 Å². The number of nitrogens with one attached hydrogen (secondary N) is 2. The lowest BCUT2D eigenvalue weighted by Crippen LogP contribution is -2.40. The minimum absolute atomic E-state index is 0.0547. The molecule has 2 heterocycles. The molecule has 0 spiro atoms. The third kappa shape index (κ3) is 4.58. The van der Waals surface area contributed by atoms with Gasteiger partial charge in [0.15, 0.2) is 0 Å². The van der Waals surface area contributed by atoms with Gasteiger partial charge in [0.1, 0.15) is 0 Å². The number of amides is 2. The Balaban J connectivity index is 1.46. The van der Waals surface area contributed by atoms with Crippen molar-refractivity contribution in [2.24, 2.45) is 5.92 Å². The van der Waals surface area contributed by atoms with Gasteiger partial charge in [-0.2, -0.15) is 0 Å². The number of rotatable bonds is 7. The van der Waals surface area contributed by atoms with Gasteiger partial charge in [-0.15, -0.1) is 11.3 Å². The highest BCUT2D eigenvalue weighted by Gasteiger charge is 2.28. The Bertz CT molecular complexity index is 576. The summed E-state index contributed by atoms with van der Waals surface area (Å²) in [5, 5.41) is 8.26. The molecule has 2 aromatic heterocycles. The van der Waals surface area contributed by atoms with E-state index in [1.165, 1.54) is 30.6 Å². The number of thiophene rings is 1. The molecule has 5 nitrogen and oxygen atoms in total. The fraction of sp³-hybridized carbons (Fsp3) is 0.529. The van der Waals surface area contributed by atoms with Gasteiger partial charge < -0.3 is 15.2 Å². The fourth-order valence-electron chi connectivity index (χ4n) is 3.26. The first-order valence-corrected chi connectivity index (χ1v) is 9.24. The Morgan fingerprint density at radius 1 is 1.43 bits per heavy atom. The summed E-state index contributed by atoms with van der Waals surface area (Å²) < 4.78 is 2.02. The first kappa shape index (κ1) is 16.1. The van der Waals surface area contributed by atoms with Gasteiger partial charge >= 0.3 is 6.03 Å². The largest absolute Gasteiger partial charge is 0.338 e. The minimum Gasteiger partial charge on any atom is -0.338 e. The normalized spacial score (nSPS) is 16.3. The average Bonchev–Trinajstić information content (AvgIpc) is 3.33. The Hall–Kier alpha value is -1.82. The summed E-state index contributed by atoms with van der Waals surface area (Å²) in [7, 11) is 0. The van der Waals surface area contributed by atoms with E-state index in [2.05, 4.69) is 33.1 Å². The number of hydrogen-bond donors (Lipinski definition) is 2. The summed E-state index contributed by atoms with van der Waals surface area (Å²) in [5.74, 6) is 0.574. The van der Waals surface area contributed by atoms with Gasteiger partial charge in [-0.05, 0) is 36.6 Å². The molecule has 23 heavy (non-hydrogen) atoms. The van der Waals surface area contributed by atoms with E-state index >= 15 is 0 Å². The molecule has 1 aliphatic rings. The van der Waals surface area contributed by atoms with E-state index in [1.54, 1.807) is 23.9 Å². The maximum atomic E-state index is 12.2. The first-order valence-electron chi connectivity index (χ1n) is 8.36. The lowest BCUT2D eigenvalue weighted by atomic mass is 9.97. The second-order valence-electron chi connectivity index (χ2n) is 6.09. The smallest absolute Gasteiger partial charge is 0.315 e. The molecule has 124 valence electrons. The number of aromatic nitrogens is 2. The first-order chi connectivity index (χ1) is 11.3. The van der Waals surface area contributed by atoms with Gasteiger partial charge in [0.25, 0.3) is 0 Å². The molecule has 6 heteroatoms. The van der Waals surface area contributed by atoms with Gasteiger partial charge in [0, 0.05) is 30.4 Å². The maximum absolute atomic E-state index is 12.2. The van der Waals surface area contributed by atoms with Crippen molar-refractivity contribution in [3.63, 3.8) is 0 Å². The molecule has 3 rings (SSSR count). The third-order valence-electron chi connectivity index (χ3n) is 4.45. The van der Waals surface area contributed by atoms with Crippen LogP contribution in [0.5, 0.6) is 0 Å². The molecule has 1 atom stereocenters. The van der Waals surface area contributed by atoms with Crippen LogP contribution in [0.2, 0.25) is 0 Å². The van der Waals surface area contributed by atoms with Crippen LogP contribution in [0.15, 0.2) is 36.2 Å². The van der Waals surface area contributed by atoms with Crippen LogP contribution in [0.1, 0.15) is 43.0 Å². The monoisotopic (exact) mass is 332 g/mol. The Morgan fingerprint density at radius 3 is 3.00 bits per heavy atom. The van der Waals surface area contributed by atoms with Gasteiger partial charge in [0.05, 0.1) is 12.4 Å². The zero-order valence-electron chi connectivity index (χ0n) is 13.3. The van der Waals surface area contributed by atoms with E-state index in [0.29, 0.717) is 12.5 Å². The number of carbonyl (C=O) groups is 1. The predicted molar refractivity (Wildman–Crippen MR) is 92.4 cm³/mol. The summed E-state index contributed by atoms with van der Waals surface area (Å²) in [6.07, 6.45) is 11.4. The van der Waals surface area contributed by atoms with Crippen LogP contribution in [0.25, 0.3) is 0 Å². The lowest BCUT2D eigenvalue weighted by Gasteiger charge is -2.24. The molecule has 2 N–H and O–H groups in total. The lowest BCUT2D eigenvalue weighted by molar-refractivity contribution is 0.231. The van der Waals surface area contributed by atoms with E-state index in [-0.39, 0.29) is 12.1 Å². The molecule has 0 saturated heterocycles. The van der Waals surface area contributed by atoms with E-state index < -0.39 is 0 Å². The zero-order valence-corrected chi connectivity index (χ0v) is 14.1. The van der Waals surface area contributed by atoms with E-state index in [0.717, 1.165) is 13.0 Å². The summed E-state index contributed by atoms with van der Waals surface area (Å²) in [5.41, 5.74) is 0. The van der Waals surface area contributed by atoms with Crippen LogP contribution in [0.3, 0.4) is 0 Å². The highest BCUT2D eigenvalue weighted by molar-refractivity contribution is 7.10. The second-order valence-corrected chi connectivity index (χ2v) is 7.07. The molecule has 0 bridgehead atoms. The summed E-state index contributed by atoms with van der Waals surface area (Å²) in [6.45, 7) is 1.54. The Morgan fingerprint density at radius 2 is 2.30 bits per heavy atom. The fourth-order valence-corrected chi connectivity index (χ4v) is 4.12. The second kappa shape index (κ2) is 8.15. The summed E-state index contributed by atoms with van der Waals surface area (Å²) in [6, 6.07) is 4.30. The zero-order chi connectivity index (χ0) is 15.9. The molecular weight excluding hydrogens is 308 g/mol. The Kier molecular flexibility index (Phi) is 5.69. The SMILES string of the molecule is O=C(NCCCn1ccnc1)NC(c1cccs1)C1CCCC1. The van der Waals surface area contributed by atoms with E-state index in [4.69, 9.17) is 0 Å². The standard InChI is InChI=1S/C17H24N4OS/c22-17(19-8-4-10-21-11-9-18-13-21)20-16(14-5-1-2-6-14)15-7-3-12-23-15/h3,7,9,11-14,16H,1-2,4-6,8,10H2,(H2,19,20,22). The summed E-state index contributed by atoms with van der Waals surface area (Å²) >= 11 is 1.73. The minimum atomic E-state index is -0.0547. The average molecular weight is 332 g/mol. The molecule has 2 aromatic rings. The number of nitrogens with zero attached hydrogens (tertiary/aromatic N) is 2. The van der Waals surface area contributed by atoms with Crippen molar-refractivity contribution in [3.8, 4) is 0 Å². The molecule has 1 aliphatic carbocycles. The van der Waals surface area contributed by atoms with Crippen molar-refractivity contribution in [1.29, 1.82) is 0 Å². The van der Waals surface area contributed by atoms with Crippen molar-refractivity contribution < 1.29 is 4.79 Å². The molecule has 1 saturated carbocycles. The van der Waals surface area contributed by atoms with Gasteiger partial charge in [-0.25, -0.2) is 9.78 Å². The number of aryl methyl sites for hydroxylation is 1. The molecule has 0 aromatic carbocycles. The van der Waals surface area contributed by atoms with E-state index in [1.807, 2.05) is 10.8 Å². The molecule has 2 amide bonds. The van der Waals surface area contributed by atoms with Crippen molar-refractivity contribution in [1.82, 2.24) is 20.2 Å². The number of imidazole rings is 1. The Labute approximate surface area is 141 Å². The van der Waals surface area contributed by atoms with Crippen molar-refractivity contribution >= 4 is 17.4 Å². The van der Waals surface area contributed by atoms with E-state index in [9.17, 15) is 4.79 Å². The third-order valence-corrected chi connectivity index (χ3v) is 5.40. The van der Waals surface area contributed by atoms with Gasteiger partial charge in [-0.1, -0.05) is 18.9 Å². The number of carbonyl (C=O) groups excluding carboxylic acids is 1. The van der Waals surface area contributed by atoms with Crippen LogP contribution >= 0.6 is 11.3 Å². The van der Waals surface area contributed by atoms with Crippen molar-refractivity contribution in [3.05, 3.63) is 41.1 Å². The molecule has 0 aliphatic heterocycles. The molecule has 1 unspecified atom stereocenters. The highest BCUT2D eigenvalue weighted by Crippen LogP contribution is 2.37. The van der Waals surface area contributed by atoms with Crippen molar-refractivity contribution in [2.75, 3.05) is 6.54 Å². The maximum Gasteiger partial charge on any atom is 0.315 e. The topological polar surface area (TPSA) is 59.0 Å². The van der Waals surface area contributed by atoms with Gasteiger partial charge in [0.2, 0.25) is 0 Å². The molecular formula is C17H24N4OS. The predicted octanol–water partition coefficient (Wildman–Crippen LogP) is 3.57. The van der Waals surface area contributed by atoms with Crippen LogP contribution in [0, 0.1) is 5.92 Å². The summed E-state index contributed by atoms with van der Waals surface area (Å²) in [4.78, 5) is 17.5. The van der Waals surface area contributed by atoms with Crippen LogP contribution in [-0.2, 0) is 6.54 Å². The number of hydrogen-bond acceptors (Lipinski definition) is 3. The van der Waals surface area contributed by atoms with Crippen molar-refractivity contribution in [2.45, 2.75) is 44.7 Å². The quantitative estimate of drug-likeness (QED) is 0.762. The highest BCUT2D eigenvalue weighted by atomic mass is 32.1. The van der Waals surface area contributed by atoms with Crippen LogP contribution in [0.4, 0.5) is 4.79 Å².